The van der Waals surface area contributed by atoms with Gasteiger partial charge in [0.25, 0.3) is 0 Å². The number of rotatable bonds is 3. The number of nitrogens with one attached hydrogen (secondary N) is 2. The van der Waals surface area contributed by atoms with Crippen LogP contribution in [0.1, 0.15) is 6.92 Å². The number of nitrogens with two attached hydrogens (primary N) is 1. The first-order valence-electron chi connectivity index (χ1n) is 2.75. The van der Waals surface area contributed by atoms with E-state index in [0.29, 0.717) is 0 Å². The van der Waals surface area contributed by atoms with Gasteiger partial charge in [-0.05, 0) is 0 Å². The Morgan fingerprint density at radius 2 is 2.10 bits per heavy atom. The van der Waals surface area contributed by atoms with Crippen LogP contribution in [0.15, 0.2) is 0 Å². The Balaban J connectivity index is 3.20. The van der Waals surface area contributed by atoms with Gasteiger partial charge in [-0.25, -0.2) is 0 Å². The van der Waals surface area contributed by atoms with Crippen molar-refractivity contribution in [3.8, 4) is 0 Å². The third-order valence-corrected chi connectivity index (χ3v) is 0.694. The van der Waals surface area contributed by atoms with Crippen molar-refractivity contribution < 1.29 is 9.59 Å². The second kappa shape index (κ2) is 4.75. The monoisotopic (exact) mass is 144 g/mol. The summed E-state index contributed by atoms with van der Waals surface area (Å²) in [5, 5.41) is 4.50. The lowest BCUT2D eigenvalue weighted by Gasteiger charge is -2.00. The molecule has 4 N–H and O–H groups in total. The Morgan fingerprint density at radius 1 is 1.50 bits per heavy atom. The highest BCUT2D eigenvalue weighted by Gasteiger charge is 1.95. The van der Waals surface area contributed by atoms with E-state index in [2.05, 4.69) is 10.6 Å². The van der Waals surface area contributed by atoms with E-state index in [0.717, 1.165) is 6.67 Å². The van der Waals surface area contributed by atoms with E-state index in [9.17, 15) is 9.59 Å². The van der Waals surface area contributed by atoms with E-state index in [-0.39, 0.29) is 18.4 Å². The quantitative estimate of drug-likeness (QED) is 0.442. The minimum Gasteiger partial charge on any atom is -0.333 e. The molecular formula is C5H10N3O2. The molecule has 0 rings (SSSR count). The van der Waals surface area contributed by atoms with E-state index < -0.39 is 0 Å². The molecule has 1 radical (unpaired) electrons. The molecule has 57 valence electrons. The van der Waals surface area contributed by atoms with Gasteiger partial charge >= 0.3 is 0 Å². The van der Waals surface area contributed by atoms with Gasteiger partial charge in [0.2, 0.25) is 11.8 Å². The minimum absolute atomic E-state index is 0.0872. The molecular weight excluding hydrogens is 134 g/mol. The molecule has 0 aromatic carbocycles. The molecule has 0 fully saturated rings. The standard InChI is InChI=1S/C5H10N3O2/c1-4(9)7-3-8-5(10)2-6/h3H,2,6H2,1H3,(H,7,9)(H,8,10). The fourth-order valence-electron chi connectivity index (χ4n) is 0.277. The Bertz CT molecular complexity index is 135. The fourth-order valence-corrected chi connectivity index (χ4v) is 0.277. The van der Waals surface area contributed by atoms with Gasteiger partial charge in [0, 0.05) is 6.92 Å². The second-order valence-electron chi connectivity index (χ2n) is 1.62. The van der Waals surface area contributed by atoms with E-state index in [1.54, 1.807) is 0 Å². The predicted octanol–water partition coefficient (Wildman–Crippen LogP) is -1.68. The van der Waals surface area contributed by atoms with Crippen LogP contribution in [0.2, 0.25) is 0 Å². The molecule has 0 aliphatic rings. The van der Waals surface area contributed by atoms with Crippen LogP contribution >= 0.6 is 0 Å². The van der Waals surface area contributed by atoms with Crippen LogP contribution in [-0.2, 0) is 9.59 Å². The van der Waals surface area contributed by atoms with Crippen molar-refractivity contribution in [1.29, 1.82) is 0 Å². The molecule has 0 aromatic heterocycles. The first kappa shape index (κ1) is 8.90. The molecule has 0 aliphatic heterocycles. The average Bonchev–Trinajstić information content (AvgIpc) is 1.87. The summed E-state index contributed by atoms with van der Waals surface area (Å²) in [5.41, 5.74) is 4.94. The molecule has 0 saturated carbocycles. The molecule has 0 aliphatic carbocycles. The molecule has 2 amide bonds. The number of carbonyl (C=O) groups is 2. The van der Waals surface area contributed by atoms with Crippen molar-refractivity contribution >= 4 is 11.8 Å². The number of hydrogen-bond acceptors (Lipinski definition) is 3. The van der Waals surface area contributed by atoms with Crippen LogP contribution < -0.4 is 16.4 Å². The van der Waals surface area contributed by atoms with E-state index >= 15 is 0 Å². The summed E-state index contributed by atoms with van der Waals surface area (Å²) in [5.74, 6) is -0.578. The van der Waals surface area contributed by atoms with Gasteiger partial charge in [0.05, 0.1) is 6.54 Å². The van der Waals surface area contributed by atoms with Gasteiger partial charge < -0.3 is 16.4 Å². The lowest BCUT2D eigenvalue weighted by Crippen LogP contribution is -2.34. The summed E-state index contributed by atoms with van der Waals surface area (Å²) < 4.78 is 0. The van der Waals surface area contributed by atoms with Crippen LogP contribution in [-0.4, -0.2) is 18.4 Å². The summed E-state index contributed by atoms with van der Waals surface area (Å²) in [7, 11) is 0. The minimum atomic E-state index is -0.339. The largest absolute Gasteiger partial charge is 0.333 e. The van der Waals surface area contributed by atoms with Crippen LogP contribution in [0.3, 0.4) is 0 Å². The summed E-state index contributed by atoms with van der Waals surface area (Å²) >= 11 is 0. The highest BCUT2D eigenvalue weighted by atomic mass is 16.2. The molecule has 10 heavy (non-hydrogen) atoms. The predicted molar refractivity (Wildman–Crippen MR) is 35.3 cm³/mol. The lowest BCUT2D eigenvalue weighted by atomic mass is 10.6. The highest BCUT2D eigenvalue weighted by molar-refractivity contribution is 5.79. The molecule has 0 atom stereocenters. The summed E-state index contributed by atoms with van der Waals surface area (Å²) in [6.07, 6.45) is 0. The molecule has 0 spiro atoms. The van der Waals surface area contributed by atoms with E-state index in [4.69, 9.17) is 5.73 Å². The molecule has 5 nitrogen and oxygen atoms in total. The Kier molecular flexibility index (Phi) is 4.23. The van der Waals surface area contributed by atoms with Crippen molar-refractivity contribution in [3.63, 3.8) is 0 Å². The van der Waals surface area contributed by atoms with Crippen LogP contribution in [0.25, 0.3) is 0 Å². The molecule has 0 unspecified atom stereocenters. The lowest BCUT2D eigenvalue weighted by molar-refractivity contribution is -0.120. The molecule has 0 saturated heterocycles. The third-order valence-electron chi connectivity index (χ3n) is 0.694. The number of amides is 2. The maximum atomic E-state index is 10.4. The zero-order valence-electron chi connectivity index (χ0n) is 5.68. The molecule has 0 bridgehead atoms. The van der Waals surface area contributed by atoms with Crippen LogP contribution in [0.4, 0.5) is 0 Å². The van der Waals surface area contributed by atoms with Gasteiger partial charge in [0.1, 0.15) is 6.67 Å². The number of hydrogen-bond donors (Lipinski definition) is 3. The summed E-state index contributed by atoms with van der Waals surface area (Å²) in [6, 6.07) is 0. The van der Waals surface area contributed by atoms with E-state index in [1.807, 2.05) is 0 Å². The topological polar surface area (TPSA) is 84.2 Å². The fraction of sp³-hybridized carbons (Fsp3) is 0.400. The van der Waals surface area contributed by atoms with Crippen molar-refractivity contribution in [2.75, 3.05) is 6.54 Å². The van der Waals surface area contributed by atoms with Crippen molar-refractivity contribution in [3.05, 3.63) is 6.67 Å². The van der Waals surface area contributed by atoms with Gasteiger partial charge in [-0.2, -0.15) is 0 Å². The van der Waals surface area contributed by atoms with Gasteiger partial charge in [0.15, 0.2) is 0 Å². The van der Waals surface area contributed by atoms with Gasteiger partial charge in [-0.15, -0.1) is 0 Å². The molecule has 5 heteroatoms. The molecule has 0 heterocycles. The summed E-state index contributed by atoms with van der Waals surface area (Å²) in [6.45, 7) is 2.40. The SMILES string of the molecule is CC(=O)N[CH]NC(=O)CN. The van der Waals surface area contributed by atoms with E-state index in [1.165, 1.54) is 6.92 Å². The Morgan fingerprint density at radius 3 is 2.50 bits per heavy atom. The van der Waals surface area contributed by atoms with Crippen molar-refractivity contribution in [1.82, 2.24) is 10.6 Å². The third kappa shape index (κ3) is 5.04. The van der Waals surface area contributed by atoms with Crippen molar-refractivity contribution in [2.45, 2.75) is 6.92 Å². The first-order chi connectivity index (χ1) is 4.66. The summed E-state index contributed by atoms with van der Waals surface area (Å²) in [4.78, 5) is 20.6. The maximum absolute atomic E-state index is 10.4. The average molecular weight is 144 g/mol. The Labute approximate surface area is 59.0 Å². The van der Waals surface area contributed by atoms with Crippen LogP contribution in [0.5, 0.6) is 0 Å². The zero-order chi connectivity index (χ0) is 7.98. The first-order valence-corrected chi connectivity index (χ1v) is 2.75. The second-order valence-corrected chi connectivity index (χ2v) is 1.62. The van der Waals surface area contributed by atoms with Gasteiger partial charge in [-0.3, -0.25) is 9.59 Å². The van der Waals surface area contributed by atoms with Gasteiger partial charge in [-0.1, -0.05) is 0 Å². The number of carbonyl (C=O) groups excluding carboxylic acids is 2. The highest BCUT2D eigenvalue weighted by Crippen LogP contribution is 1.64. The Hall–Kier alpha value is -1.10. The zero-order valence-corrected chi connectivity index (χ0v) is 5.68. The smallest absolute Gasteiger partial charge is 0.235 e. The molecule has 0 aromatic rings. The normalized spacial score (nSPS) is 8.60. The maximum Gasteiger partial charge on any atom is 0.235 e. The van der Waals surface area contributed by atoms with Crippen molar-refractivity contribution in [2.24, 2.45) is 5.73 Å². The van der Waals surface area contributed by atoms with Crippen LogP contribution in [0, 0.1) is 6.67 Å².